The normalized spacial score (nSPS) is 15.5. The van der Waals surface area contributed by atoms with E-state index in [4.69, 9.17) is 4.42 Å². The van der Waals surface area contributed by atoms with Crippen LogP contribution in [0.3, 0.4) is 0 Å². The molecule has 1 aromatic carbocycles. The van der Waals surface area contributed by atoms with Crippen molar-refractivity contribution in [3.63, 3.8) is 0 Å². The third-order valence-electron chi connectivity index (χ3n) is 4.34. The number of aromatic nitrogens is 1. The van der Waals surface area contributed by atoms with Gasteiger partial charge in [-0.3, -0.25) is 4.98 Å². The lowest BCUT2D eigenvalue weighted by Crippen LogP contribution is -2.43. The largest absolute Gasteiger partial charge is 0.472 e. The number of rotatable bonds is 8. The number of hydrogen-bond donors (Lipinski definition) is 3. The quantitative estimate of drug-likeness (QED) is 0.544. The molecule has 0 spiro atoms. The summed E-state index contributed by atoms with van der Waals surface area (Å²) >= 11 is 0. The van der Waals surface area contributed by atoms with Crippen LogP contribution in [0.15, 0.2) is 64.6 Å². The molecular weight excluding hydrogens is 366 g/mol. The van der Waals surface area contributed by atoms with E-state index in [1.807, 2.05) is 0 Å². The SMILES string of the molecule is C[C@H](CNCC(C)(O)c1ccoc1)NS(=O)(=O)c1ccc2cnccc2c1. The molecule has 0 bridgehead atoms. The number of nitrogens with one attached hydrogen (secondary N) is 2. The van der Waals surface area contributed by atoms with Crippen LogP contribution in [-0.4, -0.2) is 37.6 Å². The third kappa shape index (κ3) is 4.72. The van der Waals surface area contributed by atoms with Crippen molar-refractivity contribution >= 4 is 20.8 Å². The van der Waals surface area contributed by atoms with Crippen molar-refractivity contribution in [1.82, 2.24) is 15.0 Å². The second-order valence-corrected chi connectivity index (χ2v) is 8.54. The maximum atomic E-state index is 12.6. The highest BCUT2D eigenvalue weighted by molar-refractivity contribution is 7.89. The van der Waals surface area contributed by atoms with E-state index in [0.717, 1.165) is 10.8 Å². The maximum Gasteiger partial charge on any atom is 0.240 e. The van der Waals surface area contributed by atoms with Crippen LogP contribution < -0.4 is 10.0 Å². The van der Waals surface area contributed by atoms with Crippen LogP contribution in [0.1, 0.15) is 19.4 Å². The van der Waals surface area contributed by atoms with E-state index in [-0.39, 0.29) is 17.5 Å². The zero-order valence-corrected chi connectivity index (χ0v) is 16.0. The fourth-order valence-electron chi connectivity index (χ4n) is 2.81. The fraction of sp³-hybridized carbons (Fsp3) is 0.316. The number of fused-ring (bicyclic) bond motifs is 1. The van der Waals surface area contributed by atoms with Gasteiger partial charge in [0.1, 0.15) is 5.60 Å². The molecule has 8 heteroatoms. The minimum Gasteiger partial charge on any atom is -0.472 e. The van der Waals surface area contributed by atoms with Gasteiger partial charge in [0.15, 0.2) is 0 Å². The van der Waals surface area contributed by atoms with Crippen LogP contribution in [0.25, 0.3) is 10.8 Å². The van der Waals surface area contributed by atoms with E-state index in [9.17, 15) is 13.5 Å². The van der Waals surface area contributed by atoms with E-state index in [2.05, 4.69) is 15.0 Å². The van der Waals surface area contributed by atoms with Gasteiger partial charge in [-0.2, -0.15) is 0 Å². The Bertz CT molecular complexity index is 1000. The van der Waals surface area contributed by atoms with Crippen molar-refractivity contribution in [2.75, 3.05) is 13.1 Å². The number of aliphatic hydroxyl groups is 1. The predicted molar refractivity (Wildman–Crippen MR) is 103 cm³/mol. The summed E-state index contributed by atoms with van der Waals surface area (Å²) in [6.07, 6.45) is 6.31. The summed E-state index contributed by atoms with van der Waals surface area (Å²) in [6.45, 7) is 4.07. The molecule has 0 aliphatic rings. The Labute approximate surface area is 158 Å². The summed E-state index contributed by atoms with van der Waals surface area (Å²) in [7, 11) is -3.65. The van der Waals surface area contributed by atoms with Gasteiger partial charge in [-0.05, 0) is 43.5 Å². The number of nitrogens with zero attached hydrogens (tertiary/aromatic N) is 1. The highest BCUT2D eigenvalue weighted by Gasteiger charge is 2.24. The molecule has 0 aliphatic heterocycles. The summed E-state index contributed by atoms with van der Waals surface area (Å²) in [6, 6.07) is 8.05. The van der Waals surface area contributed by atoms with Gasteiger partial charge < -0.3 is 14.8 Å². The van der Waals surface area contributed by atoms with Crippen molar-refractivity contribution in [1.29, 1.82) is 0 Å². The molecule has 2 atom stereocenters. The lowest BCUT2D eigenvalue weighted by atomic mass is 9.99. The summed E-state index contributed by atoms with van der Waals surface area (Å²) in [5, 5.41) is 15.2. The standard InChI is InChI=1S/C19H23N3O4S/c1-14(10-21-13-19(2,23)17-6-8-26-12-17)22-27(24,25)18-4-3-16-11-20-7-5-15(16)9-18/h3-9,11-12,14,21-23H,10,13H2,1-2H3/t14-,19?/m1/s1. The molecule has 0 saturated carbocycles. The van der Waals surface area contributed by atoms with Crippen LogP contribution in [0.2, 0.25) is 0 Å². The summed E-state index contributed by atoms with van der Waals surface area (Å²) in [5.74, 6) is 0. The molecular formula is C19H23N3O4S. The van der Waals surface area contributed by atoms with Gasteiger partial charge >= 0.3 is 0 Å². The van der Waals surface area contributed by atoms with Crippen molar-refractivity contribution in [3.05, 3.63) is 60.8 Å². The van der Waals surface area contributed by atoms with E-state index in [1.165, 1.54) is 12.5 Å². The van der Waals surface area contributed by atoms with Gasteiger partial charge in [0, 0.05) is 42.5 Å². The molecule has 3 N–H and O–H groups in total. The van der Waals surface area contributed by atoms with E-state index in [0.29, 0.717) is 12.1 Å². The lowest BCUT2D eigenvalue weighted by molar-refractivity contribution is 0.0562. The highest BCUT2D eigenvalue weighted by atomic mass is 32.2. The average Bonchev–Trinajstić information content (AvgIpc) is 3.16. The first-order valence-electron chi connectivity index (χ1n) is 8.60. The summed E-state index contributed by atoms with van der Waals surface area (Å²) in [5.41, 5.74) is -0.438. The Morgan fingerprint density at radius 1 is 1.26 bits per heavy atom. The van der Waals surface area contributed by atoms with Crippen molar-refractivity contribution in [3.8, 4) is 0 Å². The Morgan fingerprint density at radius 2 is 2.07 bits per heavy atom. The van der Waals surface area contributed by atoms with Crippen molar-refractivity contribution in [2.45, 2.75) is 30.4 Å². The summed E-state index contributed by atoms with van der Waals surface area (Å²) < 4.78 is 32.9. The van der Waals surface area contributed by atoms with Crippen LogP contribution in [0.5, 0.6) is 0 Å². The van der Waals surface area contributed by atoms with Gasteiger partial charge in [-0.25, -0.2) is 13.1 Å². The Morgan fingerprint density at radius 3 is 2.81 bits per heavy atom. The molecule has 0 fully saturated rings. The minimum atomic E-state index is -3.65. The number of furan rings is 1. The van der Waals surface area contributed by atoms with E-state index < -0.39 is 15.6 Å². The first kappa shape index (κ1) is 19.5. The summed E-state index contributed by atoms with van der Waals surface area (Å²) in [4.78, 5) is 4.23. The second-order valence-electron chi connectivity index (χ2n) is 6.82. The van der Waals surface area contributed by atoms with Crippen molar-refractivity contribution in [2.24, 2.45) is 0 Å². The maximum absolute atomic E-state index is 12.6. The topological polar surface area (TPSA) is 104 Å². The predicted octanol–water partition coefficient (Wildman–Crippen LogP) is 1.99. The fourth-order valence-corrected chi connectivity index (χ4v) is 4.09. The van der Waals surface area contributed by atoms with Crippen LogP contribution in [0.4, 0.5) is 0 Å². The highest BCUT2D eigenvalue weighted by Crippen LogP contribution is 2.20. The average molecular weight is 389 g/mol. The monoisotopic (exact) mass is 389 g/mol. The lowest BCUT2D eigenvalue weighted by Gasteiger charge is -2.23. The molecule has 3 aromatic rings. The Kier molecular flexibility index (Phi) is 5.61. The molecule has 1 unspecified atom stereocenters. The minimum absolute atomic E-state index is 0.207. The number of pyridine rings is 1. The Balaban J connectivity index is 1.59. The van der Waals surface area contributed by atoms with Gasteiger partial charge in [0.25, 0.3) is 0 Å². The number of hydrogen-bond acceptors (Lipinski definition) is 6. The van der Waals surface area contributed by atoms with Crippen molar-refractivity contribution < 1.29 is 17.9 Å². The van der Waals surface area contributed by atoms with E-state index in [1.54, 1.807) is 56.6 Å². The van der Waals surface area contributed by atoms with Crippen LogP contribution >= 0.6 is 0 Å². The molecule has 0 saturated heterocycles. The van der Waals surface area contributed by atoms with Gasteiger partial charge in [0.05, 0.1) is 17.4 Å². The van der Waals surface area contributed by atoms with Gasteiger partial charge in [-0.15, -0.1) is 0 Å². The van der Waals surface area contributed by atoms with Gasteiger partial charge in [0.2, 0.25) is 10.0 Å². The second kappa shape index (κ2) is 7.77. The van der Waals surface area contributed by atoms with Crippen LogP contribution in [-0.2, 0) is 15.6 Å². The zero-order valence-electron chi connectivity index (χ0n) is 15.2. The first-order chi connectivity index (χ1) is 12.8. The molecule has 0 aliphatic carbocycles. The van der Waals surface area contributed by atoms with Gasteiger partial charge in [-0.1, -0.05) is 6.07 Å². The number of benzene rings is 1. The third-order valence-corrected chi connectivity index (χ3v) is 5.93. The molecule has 0 amide bonds. The molecule has 0 radical (unpaired) electrons. The molecule has 144 valence electrons. The smallest absolute Gasteiger partial charge is 0.240 e. The van der Waals surface area contributed by atoms with Crippen LogP contribution in [0, 0.1) is 0 Å². The zero-order chi connectivity index (χ0) is 19.5. The number of sulfonamides is 1. The van der Waals surface area contributed by atoms with E-state index >= 15 is 0 Å². The molecule has 7 nitrogen and oxygen atoms in total. The Hall–Kier alpha value is -2.26. The molecule has 2 aromatic heterocycles. The molecule has 2 heterocycles. The molecule has 27 heavy (non-hydrogen) atoms. The molecule has 3 rings (SSSR count). The first-order valence-corrected chi connectivity index (χ1v) is 10.1.